The van der Waals surface area contributed by atoms with Crippen LogP contribution in [0, 0.1) is 6.92 Å². The monoisotopic (exact) mass is 251 g/mol. The van der Waals surface area contributed by atoms with Gasteiger partial charge in [0.2, 0.25) is 0 Å². The molecule has 0 fully saturated rings. The standard InChI is InChI=1S/C14H21NO3/c1-10(2)17-7-8-18-14-9-11(3)5-6-13(14)12(4)15-16/h5-6,9-10,16H,7-8H2,1-4H3/b15-12+. The van der Waals surface area contributed by atoms with Gasteiger partial charge in [0.25, 0.3) is 0 Å². The van der Waals surface area contributed by atoms with Gasteiger partial charge in [0, 0.05) is 5.56 Å². The van der Waals surface area contributed by atoms with Crippen molar-refractivity contribution < 1.29 is 14.7 Å². The molecule has 0 spiro atoms. The van der Waals surface area contributed by atoms with E-state index >= 15 is 0 Å². The van der Waals surface area contributed by atoms with E-state index in [-0.39, 0.29) is 6.10 Å². The van der Waals surface area contributed by atoms with Gasteiger partial charge in [-0.05, 0) is 45.4 Å². The highest BCUT2D eigenvalue weighted by Gasteiger charge is 2.07. The van der Waals surface area contributed by atoms with Gasteiger partial charge in [-0.1, -0.05) is 11.2 Å². The van der Waals surface area contributed by atoms with E-state index in [1.807, 2.05) is 39.0 Å². The lowest BCUT2D eigenvalue weighted by Crippen LogP contribution is -2.12. The van der Waals surface area contributed by atoms with E-state index in [4.69, 9.17) is 14.7 Å². The Morgan fingerprint density at radius 3 is 2.67 bits per heavy atom. The highest BCUT2D eigenvalue weighted by atomic mass is 16.5. The average Bonchev–Trinajstić information content (AvgIpc) is 2.33. The maximum Gasteiger partial charge on any atom is 0.128 e. The van der Waals surface area contributed by atoms with Gasteiger partial charge >= 0.3 is 0 Å². The third-order valence-electron chi connectivity index (χ3n) is 2.47. The fourth-order valence-corrected chi connectivity index (χ4v) is 1.54. The van der Waals surface area contributed by atoms with Crippen LogP contribution in [-0.2, 0) is 4.74 Å². The topological polar surface area (TPSA) is 51.1 Å². The van der Waals surface area contributed by atoms with Gasteiger partial charge in [-0.3, -0.25) is 0 Å². The first kappa shape index (κ1) is 14.5. The van der Waals surface area contributed by atoms with Crippen LogP contribution in [0.15, 0.2) is 23.4 Å². The fourth-order valence-electron chi connectivity index (χ4n) is 1.54. The Hall–Kier alpha value is -1.55. The molecule has 4 nitrogen and oxygen atoms in total. The van der Waals surface area contributed by atoms with Crippen LogP contribution in [0.5, 0.6) is 5.75 Å². The summed E-state index contributed by atoms with van der Waals surface area (Å²) in [5.41, 5.74) is 2.44. The molecule has 1 aromatic rings. The second-order valence-electron chi connectivity index (χ2n) is 4.45. The molecule has 0 amide bonds. The molecule has 0 aliphatic rings. The summed E-state index contributed by atoms with van der Waals surface area (Å²) in [5.74, 6) is 0.720. The second kappa shape index (κ2) is 7.01. The summed E-state index contributed by atoms with van der Waals surface area (Å²) in [6.07, 6.45) is 0.200. The summed E-state index contributed by atoms with van der Waals surface area (Å²) in [5, 5.41) is 12.0. The summed E-state index contributed by atoms with van der Waals surface area (Å²) in [4.78, 5) is 0. The Morgan fingerprint density at radius 2 is 2.06 bits per heavy atom. The van der Waals surface area contributed by atoms with Crippen LogP contribution in [-0.4, -0.2) is 30.2 Å². The van der Waals surface area contributed by atoms with Gasteiger partial charge in [0.05, 0.1) is 18.4 Å². The highest BCUT2D eigenvalue weighted by Crippen LogP contribution is 2.21. The first-order chi connectivity index (χ1) is 8.54. The molecule has 0 aromatic heterocycles. The first-order valence-corrected chi connectivity index (χ1v) is 6.08. The zero-order valence-corrected chi connectivity index (χ0v) is 11.4. The molecule has 18 heavy (non-hydrogen) atoms. The van der Waals surface area contributed by atoms with Crippen LogP contribution in [0.4, 0.5) is 0 Å². The molecule has 1 N–H and O–H groups in total. The van der Waals surface area contributed by atoms with Crippen molar-refractivity contribution in [3.05, 3.63) is 29.3 Å². The minimum Gasteiger partial charge on any atom is -0.490 e. The molecule has 0 aliphatic heterocycles. The Labute approximate surface area is 108 Å². The number of hydrogen-bond acceptors (Lipinski definition) is 4. The molecule has 1 rings (SSSR count). The Morgan fingerprint density at radius 1 is 1.33 bits per heavy atom. The molecular weight excluding hydrogens is 230 g/mol. The van der Waals surface area contributed by atoms with E-state index < -0.39 is 0 Å². The molecule has 0 aliphatic carbocycles. The van der Waals surface area contributed by atoms with Crippen LogP contribution in [0.1, 0.15) is 31.9 Å². The van der Waals surface area contributed by atoms with Crippen LogP contribution in [0.25, 0.3) is 0 Å². The third kappa shape index (κ3) is 4.37. The Balaban J connectivity index is 2.71. The van der Waals surface area contributed by atoms with Gasteiger partial charge in [-0.2, -0.15) is 0 Å². The van der Waals surface area contributed by atoms with Crippen LogP contribution in [0.3, 0.4) is 0 Å². The number of benzene rings is 1. The molecule has 4 heteroatoms. The molecule has 0 radical (unpaired) electrons. The smallest absolute Gasteiger partial charge is 0.128 e. The second-order valence-corrected chi connectivity index (χ2v) is 4.45. The summed E-state index contributed by atoms with van der Waals surface area (Å²) >= 11 is 0. The van der Waals surface area contributed by atoms with Crippen molar-refractivity contribution in [2.75, 3.05) is 13.2 Å². The van der Waals surface area contributed by atoms with Crippen molar-refractivity contribution in [1.29, 1.82) is 0 Å². The number of ether oxygens (including phenoxy) is 2. The maximum absolute atomic E-state index is 8.83. The van der Waals surface area contributed by atoms with Crippen molar-refractivity contribution in [2.45, 2.75) is 33.8 Å². The van der Waals surface area contributed by atoms with Crippen molar-refractivity contribution in [2.24, 2.45) is 5.16 Å². The predicted octanol–water partition coefficient (Wildman–Crippen LogP) is 3.00. The molecule has 1 aromatic carbocycles. The van der Waals surface area contributed by atoms with Gasteiger partial charge in [0.15, 0.2) is 0 Å². The lowest BCUT2D eigenvalue weighted by Gasteiger charge is -2.13. The number of nitrogens with zero attached hydrogens (tertiary/aromatic N) is 1. The molecule has 0 bridgehead atoms. The van der Waals surface area contributed by atoms with Crippen molar-refractivity contribution in [3.63, 3.8) is 0 Å². The lowest BCUT2D eigenvalue weighted by atomic mass is 10.1. The average molecular weight is 251 g/mol. The first-order valence-electron chi connectivity index (χ1n) is 6.08. The van der Waals surface area contributed by atoms with Crippen molar-refractivity contribution in [1.82, 2.24) is 0 Å². The SMILES string of the molecule is C/C(=N\O)c1ccc(C)cc1OCCOC(C)C. The van der Waals surface area contributed by atoms with E-state index in [9.17, 15) is 0 Å². The summed E-state index contributed by atoms with van der Waals surface area (Å²) in [7, 11) is 0. The van der Waals surface area contributed by atoms with E-state index in [1.165, 1.54) is 0 Å². The van der Waals surface area contributed by atoms with Crippen LogP contribution < -0.4 is 4.74 Å². The molecule has 0 saturated heterocycles. The Kier molecular flexibility index (Phi) is 5.65. The Bertz CT molecular complexity index is 414. The van der Waals surface area contributed by atoms with Crippen molar-refractivity contribution in [3.8, 4) is 5.75 Å². The number of hydrogen-bond donors (Lipinski definition) is 1. The zero-order chi connectivity index (χ0) is 13.5. The predicted molar refractivity (Wildman–Crippen MR) is 71.8 cm³/mol. The van der Waals surface area contributed by atoms with E-state index in [2.05, 4.69) is 5.16 Å². The summed E-state index contributed by atoms with van der Waals surface area (Å²) in [6.45, 7) is 8.73. The largest absolute Gasteiger partial charge is 0.490 e. The molecule has 0 saturated carbocycles. The number of oxime groups is 1. The molecule has 0 unspecified atom stereocenters. The summed E-state index contributed by atoms with van der Waals surface area (Å²) < 4.78 is 11.1. The zero-order valence-electron chi connectivity index (χ0n) is 11.4. The lowest BCUT2D eigenvalue weighted by molar-refractivity contribution is 0.0552. The van der Waals surface area contributed by atoms with Gasteiger partial charge < -0.3 is 14.7 Å². The number of rotatable bonds is 6. The minimum absolute atomic E-state index is 0.200. The van der Waals surface area contributed by atoms with Crippen LogP contribution >= 0.6 is 0 Å². The van der Waals surface area contributed by atoms with E-state index in [1.54, 1.807) is 6.92 Å². The molecule has 0 atom stereocenters. The van der Waals surface area contributed by atoms with Crippen LogP contribution in [0.2, 0.25) is 0 Å². The van der Waals surface area contributed by atoms with Gasteiger partial charge in [-0.15, -0.1) is 0 Å². The minimum atomic E-state index is 0.200. The quantitative estimate of drug-likeness (QED) is 0.366. The highest BCUT2D eigenvalue weighted by molar-refractivity contribution is 6.00. The van der Waals surface area contributed by atoms with E-state index in [0.717, 1.165) is 16.9 Å². The molecular formula is C14H21NO3. The maximum atomic E-state index is 8.83. The molecule has 100 valence electrons. The van der Waals surface area contributed by atoms with Gasteiger partial charge in [-0.25, -0.2) is 0 Å². The molecule has 0 heterocycles. The normalized spacial score (nSPS) is 11.9. The van der Waals surface area contributed by atoms with Crippen molar-refractivity contribution >= 4 is 5.71 Å². The summed E-state index contributed by atoms with van der Waals surface area (Å²) in [6, 6.07) is 5.78. The number of aryl methyl sites for hydroxylation is 1. The van der Waals surface area contributed by atoms with Gasteiger partial charge in [0.1, 0.15) is 12.4 Å². The third-order valence-corrected chi connectivity index (χ3v) is 2.47. The van der Waals surface area contributed by atoms with E-state index in [0.29, 0.717) is 18.9 Å². The fraction of sp³-hybridized carbons (Fsp3) is 0.500.